The molecule has 0 aliphatic carbocycles. The van der Waals surface area contributed by atoms with Gasteiger partial charge in [0.15, 0.2) is 0 Å². The van der Waals surface area contributed by atoms with Crippen molar-refractivity contribution in [3.05, 3.63) is 48.0 Å². The summed E-state index contributed by atoms with van der Waals surface area (Å²) in [5, 5.41) is 7.64. The second-order valence-electron chi connectivity index (χ2n) is 6.42. The molecule has 2 aromatic rings. The highest BCUT2D eigenvalue weighted by Gasteiger charge is 2.13. The zero-order valence-corrected chi connectivity index (χ0v) is 16.9. The number of anilines is 2. The van der Waals surface area contributed by atoms with Crippen molar-refractivity contribution in [1.29, 1.82) is 0 Å². The normalized spacial score (nSPS) is 11.2. The number of hydrogen-bond donors (Lipinski definition) is 3. The van der Waals surface area contributed by atoms with Crippen molar-refractivity contribution < 1.29 is 27.5 Å². The average molecular weight is 421 g/mol. The number of nitrogens with two attached hydrogens (primary N) is 2. The maximum Gasteiger partial charge on any atom is 0.338 e. The molecule has 0 heterocycles. The maximum atomic E-state index is 12.0. The number of nitrogens with one attached hydrogen (secondary N) is 1. The van der Waals surface area contributed by atoms with E-state index in [4.69, 9.17) is 20.3 Å². The predicted octanol–water partition coefficient (Wildman–Crippen LogP) is 1.89. The Morgan fingerprint density at radius 3 is 2.34 bits per heavy atom. The smallest absolute Gasteiger partial charge is 0.338 e. The van der Waals surface area contributed by atoms with Crippen LogP contribution in [0.25, 0.3) is 0 Å². The van der Waals surface area contributed by atoms with Gasteiger partial charge in [-0.2, -0.15) is 0 Å². The highest BCUT2D eigenvalue weighted by Crippen LogP contribution is 2.23. The Morgan fingerprint density at radius 2 is 1.76 bits per heavy atom. The Hall–Kier alpha value is -3.11. The Morgan fingerprint density at radius 1 is 1.10 bits per heavy atom. The summed E-state index contributed by atoms with van der Waals surface area (Å²) in [6.45, 7) is 3.51. The molecular formula is C19H23N3O6S. The summed E-state index contributed by atoms with van der Waals surface area (Å²) in [6, 6.07) is 9.97. The van der Waals surface area contributed by atoms with Crippen molar-refractivity contribution in [2.45, 2.75) is 31.3 Å². The quantitative estimate of drug-likeness (QED) is 0.435. The Balaban J connectivity index is 1.90. The standard InChI is InChI=1S/C19H23N3O6S/c1-12(2)28-19(24)13-3-8-16(20)17(11-13)27-10-9-18(23)22-14-4-6-15(7-5-14)29(21,25)26/h3-8,11-12H,9-10,20H2,1-2H3,(H,22,23)(H2,21,25,26). The zero-order valence-electron chi connectivity index (χ0n) is 16.0. The van der Waals surface area contributed by atoms with Crippen molar-refractivity contribution >= 4 is 33.3 Å². The molecule has 0 aromatic heterocycles. The molecule has 156 valence electrons. The summed E-state index contributed by atoms with van der Waals surface area (Å²) in [4.78, 5) is 23.9. The number of esters is 1. The van der Waals surface area contributed by atoms with Crippen LogP contribution >= 0.6 is 0 Å². The van der Waals surface area contributed by atoms with Crippen molar-refractivity contribution in [3.63, 3.8) is 0 Å². The number of rotatable bonds is 8. The van der Waals surface area contributed by atoms with Crippen molar-refractivity contribution in [2.24, 2.45) is 5.14 Å². The van der Waals surface area contributed by atoms with E-state index in [2.05, 4.69) is 5.32 Å². The van der Waals surface area contributed by atoms with Gasteiger partial charge in [0.05, 0.1) is 35.3 Å². The maximum absolute atomic E-state index is 12.0. The molecule has 2 rings (SSSR count). The van der Waals surface area contributed by atoms with Gasteiger partial charge < -0.3 is 20.5 Å². The topological polar surface area (TPSA) is 151 Å². The molecule has 0 saturated carbocycles. The van der Waals surface area contributed by atoms with E-state index < -0.39 is 16.0 Å². The lowest BCUT2D eigenvalue weighted by Crippen LogP contribution is -2.16. The number of sulfonamides is 1. The van der Waals surface area contributed by atoms with Crippen molar-refractivity contribution in [1.82, 2.24) is 0 Å². The molecule has 0 atom stereocenters. The molecule has 0 aliphatic rings. The molecule has 29 heavy (non-hydrogen) atoms. The molecule has 2 aromatic carbocycles. The van der Waals surface area contributed by atoms with Crippen LogP contribution < -0.4 is 20.9 Å². The summed E-state index contributed by atoms with van der Waals surface area (Å²) in [5.74, 6) is -0.568. The number of primary sulfonamides is 1. The summed E-state index contributed by atoms with van der Waals surface area (Å²) in [7, 11) is -3.79. The second kappa shape index (κ2) is 9.39. The number of nitrogen functional groups attached to an aromatic ring is 1. The van der Waals surface area contributed by atoms with Crippen LogP contribution in [0.3, 0.4) is 0 Å². The highest BCUT2D eigenvalue weighted by molar-refractivity contribution is 7.89. The van der Waals surface area contributed by atoms with Gasteiger partial charge >= 0.3 is 5.97 Å². The van der Waals surface area contributed by atoms with E-state index >= 15 is 0 Å². The van der Waals surface area contributed by atoms with Gasteiger partial charge in [0, 0.05) is 5.69 Å². The SMILES string of the molecule is CC(C)OC(=O)c1ccc(N)c(OCCC(=O)Nc2ccc(S(N)(=O)=O)cc2)c1. The molecule has 5 N–H and O–H groups in total. The minimum Gasteiger partial charge on any atom is -0.491 e. The van der Waals surface area contributed by atoms with Gasteiger partial charge in [-0.15, -0.1) is 0 Å². The van der Waals surface area contributed by atoms with Crippen LogP contribution in [-0.2, 0) is 19.6 Å². The molecule has 0 unspecified atom stereocenters. The minimum absolute atomic E-state index is 0.0110. The van der Waals surface area contributed by atoms with E-state index in [0.29, 0.717) is 16.9 Å². The van der Waals surface area contributed by atoms with Gasteiger partial charge in [-0.25, -0.2) is 18.4 Å². The number of ether oxygens (including phenoxy) is 2. The van der Waals surface area contributed by atoms with Gasteiger partial charge in [-0.1, -0.05) is 0 Å². The summed E-state index contributed by atoms with van der Waals surface area (Å²) in [6.07, 6.45) is -0.246. The van der Waals surface area contributed by atoms with Gasteiger partial charge in [0.1, 0.15) is 5.75 Å². The lowest BCUT2D eigenvalue weighted by atomic mass is 10.2. The average Bonchev–Trinajstić information content (AvgIpc) is 2.62. The first-order valence-electron chi connectivity index (χ1n) is 8.72. The van der Waals surface area contributed by atoms with E-state index in [9.17, 15) is 18.0 Å². The van der Waals surface area contributed by atoms with Crippen LogP contribution in [0.2, 0.25) is 0 Å². The lowest BCUT2D eigenvalue weighted by Gasteiger charge is -2.12. The van der Waals surface area contributed by atoms with Crippen molar-refractivity contribution in [2.75, 3.05) is 17.7 Å². The molecule has 0 spiro atoms. The zero-order chi connectivity index (χ0) is 21.6. The van der Waals surface area contributed by atoms with Crippen molar-refractivity contribution in [3.8, 4) is 5.75 Å². The van der Waals surface area contributed by atoms with Crippen LogP contribution in [0.1, 0.15) is 30.6 Å². The van der Waals surface area contributed by atoms with Crippen LogP contribution in [0.4, 0.5) is 11.4 Å². The monoisotopic (exact) mass is 421 g/mol. The molecule has 0 aliphatic heterocycles. The first-order chi connectivity index (χ1) is 13.6. The van der Waals surface area contributed by atoms with E-state index in [1.165, 1.54) is 42.5 Å². The highest BCUT2D eigenvalue weighted by atomic mass is 32.2. The third kappa shape index (κ3) is 6.77. The van der Waals surface area contributed by atoms with E-state index in [1.54, 1.807) is 13.8 Å². The summed E-state index contributed by atoms with van der Waals surface area (Å²) in [5.41, 5.74) is 6.88. The molecule has 9 nitrogen and oxygen atoms in total. The predicted molar refractivity (Wildman–Crippen MR) is 108 cm³/mol. The van der Waals surface area contributed by atoms with E-state index in [-0.39, 0.29) is 35.7 Å². The number of hydrogen-bond acceptors (Lipinski definition) is 7. The number of amides is 1. The van der Waals surface area contributed by atoms with Crippen LogP contribution in [0.15, 0.2) is 47.4 Å². The van der Waals surface area contributed by atoms with E-state index in [0.717, 1.165) is 0 Å². The first kappa shape index (κ1) is 22.2. The summed E-state index contributed by atoms with van der Waals surface area (Å²) < 4.78 is 33.1. The van der Waals surface area contributed by atoms with Crippen LogP contribution in [0, 0.1) is 0 Å². The van der Waals surface area contributed by atoms with Gasteiger partial charge in [-0.3, -0.25) is 4.79 Å². The van der Waals surface area contributed by atoms with Gasteiger partial charge in [0.2, 0.25) is 15.9 Å². The molecule has 10 heteroatoms. The fraction of sp³-hybridized carbons (Fsp3) is 0.263. The molecule has 0 saturated heterocycles. The van der Waals surface area contributed by atoms with E-state index in [1.807, 2.05) is 0 Å². The number of carbonyl (C=O) groups excluding carboxylic acids is 2. The van der Waals surface area contributed by atoms with Gasteiger partial charge in [-0.05, 0) is 56.3 Å². The first-order valence-corrected chi connectivity index (χ1v) is 10.3. The molecular weight excluding hydrogens is 398 g/mol. The minimum atomic E-state index is -3.79. The molecule has 0 radical (unpaired) electrons. The molecule has 1 amide bonds. The van der Waals surface area contributed by atoms with Gasteiger partial charge in [0.25, 0.3) is 0 Å². The second-order valence-corrected chi connectivity index (χ2v) is 7.98. The number of carbonyl (C=O) groups is 2. The summed E-state index contributed by atoms with van der Waals surface area (Å²) >= 11 is 0. The third-order valence-corrected chi connectivity index (χ3v) is 4.57. The number of benzene rings is 2. The fourth-order valence-electron chi connectivity index (χ4n) is 2.27. The molecule has 0 fully saturated rings. The molecule has 0 bridgehead atoms. The fourth-order valence-corrected chi connectivity index (χ4v) is 2.79. The largest absolute Gasteiger partial charge is 0.491 e. The Bertz CT molecular complexity index is 988. The van der Waals surface area contributed by atoms with Crippen LogP contribution in [-0.4, -0.2) is 33.0 Å². The third-order valence-electron chi connectivity index (χ3n) is 3.65. The Labute approximate surface area is 169 Å². The lowest BCUT2D eigenvalue weighted by molar-refractivity contribution is -0.116. The van der Waals surface area contributed by atoms with Crippen LogP contribution in [0.5, 0.6) is 5.75 Å². The Kier molecular flexibility index (Phi) is 7.18.